The third-order valence-corrected chi connectivity index (χ3v) is 8.06. The van der Waals surface area contributed by atoms with Crippen LogP contribution in [0.2, 0.25) is 0 Å². The van der Waals surface area contributed by atoms with E-state index in [2.05, 4.69) is 105 Å². The van der Waals surface area contributed by atoms with Gasteiger partial charge in [0.1, 0.15) is 17.3 Å². The predicted molar refractivity (Wildman–Crippen MR) is 174 cm³/mol. The van der Waals surface area contributed by atoms with Gasteiger partial charge in [0.2, 0.25) is 5.82 Å². The summed E-state index contributed by atoms with van der Waals surface area (Å²) in [5.74, 6) is 2.54. The number of carbonyl (C=O) groups excluding carboxylic acids is 1. The summed E-state index contributed by atoms with van der Waals surface area (Å²) in [7, 11) is 0. The second-order valence-corrected chi connectivity index (χ2v) is 11.6. The van der Waals surface area contributed by atoms with Gasteiger partial charge in [0, 0.05) is 37.4 Å². The predicted octanol–water partition coefficient (Wildman–Crippen LogP) is 7.72. The first kappa shape index (κ1) is 29.9. The number of hydrogen-bond donors (Lipinski definition) is 1. The van der Waals surface area contributed by atoms with Crippen molar-refractivity contribution in [2.75, 3.05) is 0 Å². The number of ketones is 1. The molecule has 0 aliphatic carbocycles. The Morgan fingerprint density at radius 3 is 2.42 bits per heavy atom. The molecular formula is C36H37N7O2. The van der Waals surface area contributed by atoms with E-state index >= 15 is 0 Å². The zero-order valence-electron chi connectivity index (χ0n) is 25.9. The van der Waals surface area contributed by atoms with E-state index in [0.717, 1.165) is 69.9 Å². The van der Waals surface area contributed by atoms with Crippen LogP contribution >= 0.6 is 0 Å². The second kappa shape index (κ2) is 13.6. The van der Waals surface area contributed by atoms with Crippen LogP contribution in [0.5, 0.6) is 0 Å². The van der Waals surface area contributed by atoms with Gasteiger partial charge in [-0.1, -0.05) is 93.0 Å². The Kier molecular flexibility index (Phi) is 9.05. The topological polar surface area (TPSA) is 115 Å². The summed E-state index contributed by atoms with van der Waals surface area (Å²) in [5, 5.41) is 19.0. The van der Waals surface area contributed by atoms with Crippen molar-refractivity contribution in [1.29, 1.82) is 0 Å². The molecule has 9 nitrogen and oxygen atoms in total. The molecule has 0 saturated heterocycles. The van der Waals surface area contributed by atoms with Gasteiger partial charge in [0.05, 0.1) is 11.9 Å². The highest BCUT2D eigenvalue weighted by Crippen LogP contribution is 2.34. The van der Waals surface area contributed by atoms with E-state index in [1.807, 2.05) is 30.3 Å². The highest BCUT2D eigenvalue weighted by atomic mass is 16.5. The minimum atomic E-state index is 0.0480. The summed E-state index contributed by atoms with van der Waals surface area (Å²) in [6.45, 7) is 6.87. The molecule has 3 heterocycles. The number of rotatable bonds is 13. The fourth-order valence-corrected chi connectivity index (χ4v) is 5.47. The number of tetrazole rings is 1. The molecule has 3 aromatic heterocycles. The minimum Gasteiger partial charge on any atom is -0.361 e. The minimum absolute atomic E-state index is 0.0480. The van der Waals surface area contributed by atoms with Crippen LogP contribution < -0.4 is 0 Å². The molecule has 1 N–H and O–H groups in total. The molecule has 3 aromatic carbocycles. The number of aromatic nitrogens is 7. The van der Waals surface area contributed by atoms with Crippen LogP contribution in [-0.2, 0) is 19.4 Å². The molecule has 0 unspecified atom stereocenters. The molecule has 0 aliphatic rings. The van der Waals surface area contributed by atoms with Crippen molar-refractivity contribution in [3.63, 3.8) is 0 Å². The molecule has 0 atom stereocenters. The molecule has 0 bridgehead atoms. The monoisotopic (exact) mass is 599 g/mol. The summed E-state index contributed by atoms with van der Waals surface area (Å²) >= 11 is 0. The summed E-state index contributed by atoms with van der Waals surface area (Å²) in [5.41, 5.74) is 7.81. The van der Waals surface area contributed by atoms with Crippen molar-refractivity contribution >= 4 is 5.78 Å². The van der Waals surface area contributed by atoms with Gasteiger partial charge in [0.25, 0.3) is 0 Å². The average Bonchev–Trinajstić information content (AvgIpc) is 3.85. The molecule has 0 saturated carbocycles. The maximum atomic E-state index is 13.5. The molecule has 228 valence electrons. The van der Waals surface area contributed by atoms with E-state index in [-0.39, 0.29) is 11.7 Å². The summed E-state index contributed by atoms with van der Waals surface area (Å²) in [4.78, 5) is 18.1. The Labute approximate surface area is 262 Å². The third-order valence-electron chi connectivity index (χ3n) is 8.06. The first-order chi connectivity index (χ1) is 22.0. The quantitative estimate of drug-likeness (QED) is 0.135. The zero-order valence-corrected chi connectivity index (χ0v) is 25.9. The summed E-state index contributed by atoms with van der Waals surface area (Å²) in [6, 6.07) is 27.0. The van der Waals surface area contributed by atoms with E-state index in [0.29, 0.717) is 30.9 Å². The van der Waals surface area contributed by atoms with E-state index in [1.165, 1.54) is 0 Å². The standard InChI is InChI=1S/C36H37N7O2/c1-4-5-11-35-37-22-33(34(44)19-17-29-21-32(24(2)3)40-45-29)43(35)23-25-12-14-27(15-13-25)31-20-28(26-9-7-6-8-10-26)16-18-30(31)36-38-41-42-39-36/h6-10,12-16,18,20-22,24H,4-5,11,17,19,23H2,1-3H3,(H,38,39,41,42). The number of hydrogen-bond acceptors (Lipinski definition) is 7. The molecular weight excluding hydrogens is 562 g/mol. The number of nitrogens with one attached hydrogen (secondary N) is 1. The lowest BCUT2D eigenvalue weighted by molar-refractivity contribution is 0.0971. The molecule has 0 aliphatic heterocycles. The Morgan fingerprint density at radius 2 is 1.71 bits per heavy atom. The van der Waals surface area contributed by atoms with Gasteiger partial charge in [0.15, 0.2) is 5.78 Å². The van der Waals surface area contributed by atoms with Gasteiger partial charge in [-0.2, -0.15) is 5.21 Å². The smallest absolute Gasteiger partial charge is 0.205 e. The number of aromatic amines is 1. The maximum Gasteiger partial charge on any atom is 0.205 e. The lowest BCUT2D eigenvalue weighted by atomic mass is 9.93. The fraction of sp³-hybridized carbons (Fsp3) is 0.278. The zero-order chi connectivity index (χ0) is 31.2. The number of unbranched alkanes of at least 4 members (excludes halogenated alkanes) is 1. The molecule has 6 rings (SSSR count). The molecule has 0 radical (unpaired) electrons. The van der Waals surface area contributed by atoms with E-state index in [9.17, 15) is 4.79 Å². The number of imidazole rings is 1. The van der Waals surface area contributed by atoms with Gasteiger partial charge in [-0.15, -0.1) is 10.2 Å². The van der Waals surface area contributed by atoms with Gasteiger partial charge in [-0.3, -0.25) is 4.79 Å². The van der Waals surface area contributed by atoms with Crippen LogP contribution in [0.1, 0.15) is 79.3 Å². The number of carbonyl (C=O) groups is 1. The van der Waals surface area contributed by atoms with Crippen LogP contribution in [0.4, 0.5) is 0 Å². The third kappa shape index (κ3) is 6.82. The first-order valence-corrected chi connectivity index (χ1v) is 15.6. The van der Waals surface area contributed by atoms with E-state index in [1.54, 1.807) is 6.20 Å². The largest absolute Gasteiger partial charge is 0.361 e. The maximum absolute atomic E-state index is 13.5. The molecule has 6 aromatic rings. The molecule has 0 amide bonds. The van der Waals surface area contributed by atoms with Crippen molar-refractivity contribution in [1.82, 2.24) is 35.3 Å². The highest BCUT2D eigenvalue weighted by Gasteiger charge is 2.19. The Morgan fingerprint density at radius 1 is 0.911 bits per heavy atom. The Bertz CT molecular complexity index is 1850. The molecule has 45 heavy (non-hydrogen) atoms. The normalized spacial score (nSPS) is 11.4. The van der Waals surface area contributed by atoms with Crippen LogP contribution in [0, 0.1) is 0 Å². The fourth-order valence-electron chi connectivity index (χ4n) is 5.47. The Balaban J connectivity index is 1.26. The first-order valence-electron chi connectivity index (χ1n) is 15.6. The van der Waals surface area contributed by atoms with Crippen molar-refractivity contribution in [2.24, 2.45) is 0 Å². The van der Waals surface area contributed by atoms with E-state index in [4.69, 9.17) is 4.52 Å². The van der Waals surface area contributed by atoms with Crippen molar-refractivity contribution < 1.29 is 9.32 Å². The van der Waals surface area contributed by atoms with Crippen molar-refractivity contribution in [3.05, 3.63) is 114 Å². The lowest BCUT2D eigenvalue weighted by Gasteiger charge is -2.14. The SMILES string of the molecule is CCCCc1ncc(C(=O)CCc2cc(C(C)C)no2)n1Cc1ccc(-c2cc(-c3ccccc3)ccc2-c2nn[nH]n2)cc1. The molecule has 0 fully saturated rings. The number of nitrogens with zero attached hydrogens (tertiary/aromatic N) is 6. The van der Waals surface area contributed by atoms with Gasteiger partial charge >= 0.3 is 0 Å². The number of Topliss-reactive ketones (excluding diaryl/α,β-unsaturated/α-hetero) is 1. The summed E-state index contributed by atoms with van der Waals surface area (Å²) in [6.07, 6.45) is 5.46. The van der Waals surface area contributed by atoms with Gasteiger partial charge < -0.3 is 9.09 Å². The number of H-pyrrole nitrogens is 1. The number of benzene rings is 3. The van der Waals surface area contributed by atoms with Crippen LogP contribution in [0.3, 0.4) is 0 Å². The van der Waals surface area contributed by atoms with Crippen LogP contribution in [-0.4, -0.2) is 41.1 Å². The Hall–Kier alpha value is -5.18. The average molecular weight is 600 g/mol. The van der Waals surface area contributed by atoms with Crippen molar-refractivity contribution in [2.45, 2.75) is 65.3 Å². The second-order valence-electron chi connectivity index (χ2n) is 11.6. The van der Waals surface area contributed by atoms with Gasteiger partial charge in [-0.25, -0.2) is 4.98 Å². The highest BCUT2D eigenvalue weighted by molar-refractivity contribution is 5.94. The van der Waals surface area contributed by atoms with E-state index < -0.39 is 0 Å². The van der Waals surface area contributed by atoms with Gasteiger partial charge in [-0.05, 0) is 57.5 Å². The molecule has 9 heteroatoms. The van der Waals surface area contributed by atoms with Crippen LogP contribution in [0.15, 0.2) is 89.6 Å². The molecule has 0 spiro atoms. The lowest BCUT2D eigenvalue weighted by Crippen LogP contribution is -2.13. The number of aryl methyl sites for hydroxylation is 2. The van der Waals surface area contributed by atoms with Crippen molar-refractivity contribution in [3.8, 4) is 33.6 Å². The summed E-state index contributed by atoms with van der Waals surface area (Å²) < 4.78 is 7.55. The van der Waals surface area contributed by atoms with Crippen LogP contribution in [0.25, 0.3) is 33.6 Å².